The minimum atomic E-state index is -0.353. The Morgan fingerprint density at radius 1 is 0.889 bits per heavy atom. The molecule has 0 heterocycles. The SMILES string of the molecule is [O]N(CCOC(=O)C(I)I)CCOC(=O)C(I)I. The second-order valence-corrected chi connectivity index (χ2v) is 12.6. The van der Waals surface area contributed by atoms with E-state index in [9.17, 15) is 14.8 Å². The van der Waals surface area contributed by atoms with Crippen LogP contribution in [0.3, 0.4) is 0 Å². The van der Waals surface area contributed by atoms with Crippen molar-refractivity contribution in [3.05, 3.63) is 0 Å². The molecule has 0 fully saturated rings. The number of halogens is 4. The highest BCUT2D eigenvalue weighted by Crippen LogP contribution is 2.11. The number of carbonyl (C=O) groups excluding carboxylic acids is 2. The molecule has 105 valence electrons. The van der Waals surface area contributed by atoms with Gasteiger partial charge in [-0.15, -0.1) is 10.3 Å². The van der Waals surface area contributed by atoms with E-state index >= 15 is 0 Å². The van der Waals surface area contributed by atoms with Gasteiger partial charge in [-0.25, -0.2) is 0 Å². The normalized spacial score (nSPS) is 11.1. The highest BCUT2D eigenvalue weighted by molar-refractivity contribution is 14.2. The van der Waals surface area contributed by atoms with Crippen LogP contribution >= 0.6 is 90.4 Å². The number of hydrogen-bond acceptors (Lipinski definition) is 5. The van der Waals surface area contributed by atoms with Crippen LogP contribution in [0.1, 0.15) is 0 Å². The van der Waals surface area contributed by atoms with Crippen LogP contribution < -0.4 is 0 Å². The van der Waals surface area contributed by atoms with Gasteiger partial charge in [0.05, 0.1) is 13.1 Å². The molecule has 6 nitrogen and oxygen atoms in total. The van der Waals surface area contributed by atoms with Crippen LogP contribution in [0, 0.1) is 0 Å². The quantitative estimate of drug-likeness (QED) is 0.167. The van der Waals surface area contributed by atoms with Crippen molar-refractivity contribution in [2.45, 2.75) is 3.86 Å². The van der Waals surface area contributed by atoms with Crippen molar-refractivity contribution in [1.82, 2.24) is 5.06 Å². The van der Waals surface area contributed by atoms with Gasteiger partial charge < -0.3 is 9.47 Å². The predicted molar refractivity (Wildman–Crippen MR) is 97.8 cm³/mol. The summed E-state index contributed by atoms with van der Waals surface area (Å²) in [6, 6.07) is 0. The zero-order valence-corrected chi connectivity index (χ0v) is 17.6. The molecule has 18 heavy (non-hydrogen) atoms. The van der Waals surface area contributed by atoms with Gasteiger partial charge in [-0.2, -0.15) is 0 Å². The standard InChI is InChI=1S/C8H10I4NO5/c9-5(10)7(14)17-3-1-13(16)2-4-18-8(15)6(11)12/h5-6H,1-4H2. The highest BCUT2D eigenvalue weighted by Gasteiger charge is 2.14. The fourth-order valence-electron chi connectivity index (χ4n) is 0.734. The third-order valence-corrected chi connectivity index (χ3v) is 3.56. The summed E-state index contributed by atoms with van der Waals surface area (Å²) >= 11 is 7.69. The minimum absolute atomic E-state index is 0.0416. The summed E-state index contributed by atoms with van der Waals surface area (Å²) in [6.07, 6.45) is 0. The molecule has 0 aliphatic carbocycles. The number of carbonyl (C=O) groups is 2. The Labute approximate surface area is 159 Å². The molecule has 0 aromatic heterocycles. The van der Waals surface area contributed by atoms with Crippen molar-refractivity contribution < 1.29 is 24.3 Å². The summed E-state index contributed by atoms with van der Waals surface area (Å²) in [4.78, 5) is 22.1. The molecule has 0 saturated carbocycles. The number of rotatable bonds is 8. The number of alkyl halides is 4. The van der Waals surface area contributed by atoms with Gasteiger partial charge >= 0.3 is 11.9 Å². The Morgan fingerprint density at radius 3 is 1.50 bits per heavy atom. The molecule has 0 amide bonds. The Kier molecular flexibility index (Phi) is 12.6. The number of esters is 2. The zero-order valence-electron chi connectivity index (χ0n) is 8.98. The molecular weight excluding hydrogens is 698 g/mol. The number of hydroxylamine groups is 2. The lowest BCUT2D eigenvalue weighted by Crippen LogP contribution is -2.29. The monoisotopic (exact) mass is 708 g/mol. The predicted octanol–water partition coefficient (Wildman–Crippen LogP) is 2.11. The van der Waals surface area contributed by atoms with E-state index in [1.165, 1.54) is 0 Å². The molecule has 0 N–H and O–H groups in total. The van der Waals surface area contributed by atoms with Gasteiger partial charge in [0.1, 0.15) is 13.2 Å². The average molecular weight is 708 g/mol. The molecule has 0 saturated heterocycles. The van der Waals surface area contributed by atoms with Gasteiger partial charge in [-0.3, -0.25) is 9.59 Å². The van der Waals surface area contributed by atoms with Crippen LogP contribution in [0.2, 0.25) is 0 Å². The van der Waals surface area contributed by atoms with Crippen LogP contribution in [0.15, 0.2) is 0 Å². The fraction of sp³-hybridized carbons (Fsp3) is 0.750. The lowest BCUT2D eigenvalue weighted by molar-refractivity contribution is -0.177. The lowest BCUT2D eigenvalue weighted by atomic mass is 10.6. The number of hydrogen-bond donors (Lipinski definition) is 0. The molecule has 0 rings (SSSR count). The first-order valence-electron chi connectivity index (χ1n) is 4.66. The molecule has 0 aromatic rings. The molecule has 0 atom stereocenters. The maximum atomic E-state index is 11.3. The van der Waals surface area contributed by atoms with Gasteiger partial charge in [0.2, 0.25) is 0 Å². The van der Waals surface area contributed by atoms with Crippen LogP contribution in [0.25, 0.3) is 0 Å². The van der Waals surface area contributed by atoms with Crippen molar-refractivity contribution in [3.63, 3.8) is 0 Å². The summed E-state index contributed by atoms with van der Waals surface area (Å²) in [6.45, 7) is 0.225. The lowest BCUT2D eigenvalue weighted by Gasteiger charge is -2.13. The molecule has 0 aliphatic heterocycles. The van der Waals surface area contributed by atoms with E-state index in [1.54, 1.807) is 0 Å². The van der Waals surface area contributed by atoms with Crippen molar-refractivity contribution in [1.29, 1.82) is 0 Å². The smallest absolute Gasteiger partial charge is 0.329 e. The maximum absolute atomic E-state index is 11.3. The summed E-state index contributed by atoms with van der Waals surface area (Å²) in [5.41, 5.74) is 0. The average Bonchev–Trinajstić information content (AvgIpc) is 2.28. The summed E-state index contributed by atoms with van der Waals surface area (Å²) < 4.78 is 9.15. The second kappa shape index (κ2) is 11.4. The Bertz CT molecular complexity index is 250. The van der Waals surface area contributed by atoms with Crippen molar-refractivity contribution >= 4 is 102 Å². The molecule has 10 heteroatoms. The molecular formula is C8H10I4NO5. The second-order valence-electron chi connectivity index (χ2n) is 2.87. The van der Waals surface area contributed by atoms with Crippen LogP contribution in [0.5, 0.6) is 0 Å². The molecule has 0 aromatic carbocycles. The summed E-state index contributed by atoms with van der Waals surface area (Å²) in [7, 11) is 0. The maximum Gasteiger partial charge on any atom is 0.329 e. The first kappa shape index (κ1) is 19.8. The summed E-state index contributed by atoms with van der Waals surface area (Å²) in [5, 5.41) is 12.0. The first-order valence-corrected chi connectivity index (χ1v) is 9.64. The third-order valence-electron chi connectivity index (χ3n) is 1.53. The van der Waals surface area contributed by atoms with Gasteiger partial charge in [-0.05, 0) is 0 Å². The van der Waals surface area contributed by atoms with Crippen LogP contribution in [-0.2, 0) is 24.3 Å². The van der Waals surface area contributed by atoms with Crippen molar-refractivity contribution in [2.75, 3.05) is 26.3 Å². The Balaban J connectivity index is 3.57. The Morgan fingerprint density at radius 2 is 1.22 bits per heavy atom. The van der Waals surface area contributed by atoms with Gasteiger partial charge in [0.25, 0.3) is 0 Å². The molecule has 0 aliphatic rings. The van der Waals surface area contributed by atoms with E-state index in [2.05, 4.69) is 0 Å². The largest absolute Gasteiger partial charge is 0.463 e. The van der Waals surface area contributed by atoms with E-state index in [4.69, 9.17) is 9.47 Å². The topological polar surface area (TPSA) is 75.7 Å². The van der Waals surface area contributed by atoms with Gasteiger partial charge in [0, 0.05) is 0 Å². The van der Waals surface area contributed by atoms with Crippen molar-refractivity contribution in [3.8, 4) is 0 Å². The van der Waals surface area contributed by atoms with E-state index in [-0.39, 0.29) is 42.1 Å². The van der Waals surface area contributed by atoms with E-state index in [1.807, 2.05) is 90.4 Å². The van der Waals surface area contributed by atoms with Gasteiger partial charge in [0.15, 0.2) is 3.86 Å². The summed E-state index contributed by atoms with van der Waals surface area (Å²) in [5.74, 6) is -0.706. The molecule has 0 bridgehead atoms. The highest BCUT2D eigenvalue weighted by atomic mass is 127. The third kappa shape index (κ3) is 10.6. The molecule has 1 radical (unpaired) electrons. The number of nitrogens with zero attached hydrogens (tertiary/aromatic N) is 1. The minimum Gasteiger partial charge on any atom is -0.463 e. The number of ether oxygens (including phenoxy) is 2. The fourth-order valence-corrected chi connectivity index (χ4v) is 1.45. The van der Waals surface area contributed by atoms with E-state index in [0.29, 0.717) is 5.06 Å². The van der Waals surface area contributed by atoms with Gasteiger partial charge in [-0.1, -0.05) is 90.4 Å². The van der Waals surface area contributed by atoms with E-state index < -0.39 is 0 Å². The first-order chi connectivity index (χ1) is 8.34. The van der Waals surface area contributed by atoms with Crippen molar-refractivity contribution in [2.24, 2.45) is 0 Å². The van der Waals surface area contributed by atoms with Crippen LogP contribution in [-0.4, -0.2) is 47.2 Å². The van der Waals surface area contributed by atoms with E-state index in [0.717, 1.165) is 0 Å². The van der Waals surface area contributed by atoms with Crippen LogP contribution in [0.4, 0.5) is 0 Å². The molecule has 0 spiro atoms. The Hall–Kier alpha value is 1.78. The zero-order chi connectivity index (χ0) is 14.1. The molecule has 0 unspecified atom stereocenters.